The maximum absolute atomic E-state index is 14.3. The van der Waals surface area contributed by atoms with E-state index in [-0.39, 0.29) is 12.3 Å². The topological polar surface area (TPSA) is 55.4 Å². The molecule has 1 aliphatic heterocycles. The van der Waals surface area contributed by atoms with Crippen LogP contribution in [0.3, 0.4) is 0 Å². The van der Waals surface area contributed by atoms with Crippen molar-refractivity contribution in [1.29, 1.82) is 0 Å². The van der Waals surface area contributed by atoms with Crippen molar-refractivity contribution in [3.8, 4) is 5.75 Å². The van der Waals surface area contributed by atoms with E-state index in [1.54, 1.807) is 12.1 Å². The Morgan fingerprint density at radius 3 is 2.18 bits per heavy atom. The fourth-order valence-electron chi connectivity index (χ4n) is 5.41. The molecule has 5 heteroatoms. The number of hydrogen-bond donors (Lipinski definition) is 1. The Balaban J connectivity index is 1.58. The zero-order valence-electron chi connectivity index (χ0n) is 20.4. The number of amides is 1. The molecule has 1 N–H and O–H groups in total. The van der Waals surface area contributed by atoms with Gasteiger partial charge in [-0.1, -0.05) is 113 Å². The van der Waals surface area contributed by atoms with E-state index in [1.807, 2.05) is 109 Å². The molecule has 0 spiro atoms. The molecule has 0 radical (unpaired) electrons. The van der Waals surface area contributed by atoms with Gasteiger partial charge in [0.25, 0.3) is 5.91 Å². The number of halogens is 1. The van der Waals surface area contributed by atoms with Crippen LogP contribution >= 0.6 is 15.9 Å². The number of rotatable bonds is 5. The molecule has 2 atom stereocenters. The van der Waals surface area contributed by atoms with Gasteiger partial charge in [0.05, 0.1) is 0 Å². The fraction of sp³-hybridized carbons (Fsp3) is 0.0909. The highest BCUT2D eigenvalue weighted by Gasteiger charge is 2.54. The standard InChI is InChI=1S/C33H24BrNO3/c34-26-18-15-25(16-19-26)31(36)35-33(21-22-9-3-1-4-10-22)29(24-12-5-2-6-13-24)28-20-17-23-11-7-8-14-27(23)30(28)38-32(33)37/h1-20,29H,21H2,(H,35,36)/t29-,33-/m0/s1. The van der Waals surface area contributed by atoms with Crippen LogP contribution in [0.25, 0.3) is 10.8 Å². The van der Waals surface area contributed by atoms with E-state index in [1.165, 1.54) is 0 Å². The highest BCUT2D eigenvalue weighted by molar-refractivity contribution is 9.10. The first kappa shape index (κ1) is 24.1. The van der Waals surface area contributed by atoms with E-state index < -0.39 is 17.4 Å². The summed E-state index contributed by atoms with van der Waals surface area (Å²) in [4.78, 5) is 28.0. The van der Waals surface area contributed by atoms with Crippen molar-refractivity contribution in [2.45, 2.75) is 17.9 Å². The number of fused-ring (bicyclic) bond motifs is 3. The molecule has 38 heavy (non-hydrogen) atoms. The Morgan fingerprint density at radius 2 is 1.45 bits per heavy atom. The number of carbonyl (C=O) groups excluding carboxylic acids is 2. The molecule has 0 unspecified atom stereocenters. The zero-order chi connectivity index (χ0) is 26.1. The molecule has 186 valence electrons. The van der Waals surface area contributed by atoms with Gasteiger partial charge in [-0.05, 0) is 40.8 Å². The predicted octanol–water partition coefficient (Wildman–Crippen LogP) is 7.06. The van der Waals surface area contributed by atoms with Gasteiger partial charge in [0.2, 0.25) is 0 Å². The molecular weight excluding hydrogens is 538 g/mol. The van der Waals surface area contributed by atoms with Crippen molar-refractivity contribution in [3.05, 3.63) is 148 Å². The summed E-state index contributed by atoms with van der Waals surface area (Å²) in [6.45, 7) is 0. The third kappa shape index (κ3) is 4.29. The first-order chi connectivity index (χ1) is 18.5. The minimum absolute atomic E-state index is 0.265. The molecule has 0 bridgehead atoms. The lowest BCUT2D eigenvalue weighted by Gasteiger charge is -2.44. The van der Waals surface area contributed by atoms with E-state index in [0.29, 0.717) is 11.3 Å². The Labute approximate surface area is 229 Å². The monoisotopic (exact) mass is 561 g/mol. The zero-order valence-corrected chi connectivity index (χ0v) is 22.0. The molecule has 0 aliphatic carbocycles. The first-order valence-electron chi connectivity index (χ1n) is 12.5. The van der Waals surface area contributed by atoms with Crippen LogP contribution in [0.5, 0.6) is 5.75 Å². The van der Waals surface area contributed by atoms with E-state index in [4.69, 9.17) is 4.74 Å². The van der Waals surface area contributed by atoms with Crippen LogP contribution in [0.15, 0.2) is 126 Å². The van der Waals surface area contributed by atoms with Gasteiger partial charge in [-0.25, -0.2) is 4.79 Å². The van der Waals surface area contributed by atoms with E-state index >= 15 is 0 Å². The van der Waals surface area contributed by atoms with Crippen molar-refractivity contribution in [2.75, 3.05) is 0 Å². The second-order valence-electron chi connectivity index (χ2n) is 9.53. The maximum Gasteiger partial charge on any atom is 0.338 e. The summed E-state index contributed by atoms with van der Waals surface area (Å²) in [5, 5.41) is 5.03. The third-order valence-corrected chi connectivity index (χ3v) is 7.70. The fourth-order valence-corrected chi connectivity index (χ4v) is 5.68. The summed E-state index contributed by atoms with van der Waals surface area (Å²) in [5.74, 6) is -0.757. The quantitative estimate of drug-likeness (QED) is 0.184. The molecule has 5 aromatic carbocycles. The van der Waals surface area contributed by atoms with Gasteiger partial charge < -0.3 is 10.1 Å². The summed E-state index contributed by atoms with van der Waals surface area (Å²) in [7, 11) is 0. The van der Waals surface area contributed by atoms with Gasteiger partial charge >= 0.3 is 5.97 Å². The van der Waals surface area contributed by atoms with Crippen molar-refractivity contribution in [2.24, 2.45) is 0 Å². The van der Waals surface area contributed by atoms with Crippen LogP contribution in [0.4, 0.5) is 0 Å². The largest absolute Gasteiger partial charge is 0.424 e. The van der Waals surface area contributed by atoms with Crippen molar-refractivity contribution < 1.29 is 14.3 Å². The summed E-state index contributed by atoms with van der Waals surface area (Å²) >= 11 is 3.43. The number of hydrogen-bond acceptors (Lipinski definition) is 3. The smallest absolute Gasteiger partial charge is 0.338 e. The lowest BCUT2D eigenvalue weighted by atomic mass is 9.69. The average Bonchev–Trinajstić information content (AvgIpc) is 2.95. The Kier molecular flexibility index (Phi) is 6.30. The minimum Gasteiger partial charge on any atom is -0.424 e. The summed E-state index contributed by atoms with van der Waals surface area (Å²) < 4.78 is 7.05. The maximum atomic E-state index is 14.3. The van der Waals surface area contributed by atoms with Gasteiger partial charge in [0.15, 0.2) is 5.54 Å². The average molecular weight is 562 g/mol. The van der Waals surface area contributed by atoms with Crippen LogP contribution in [0.1, 0.15) is 33.0 Å². The summed E-state index contributed by atoms with van der Waals surface area (Å²) in [5.41, 5.74) is 1.78. The van der Waals surface area contributed by atoms with Gasteiger partial charge in [-0.2, -0.15) is 0 Å². The van der Waals surface area contributed by atoms with Crippen LogP contribution in [0.2, 0.25) is 0 Å². The predicted molar refractivity (Wildman–Crippen MR) is 152 cm³/mol. The molecule has 0 saturated carbocycles. The Hall–Kier alpha value is -4.22. The van der Waals surface area contributed by atoms with E-state index in [2.05, 4.69) is 21.2 Å². The Morgan fingerprint density at radius 1 is 0.789 bits per heavy atom. The lowest BCUT2D eigenvalue weighted by Crippen LogP contribution is -2.63. The number of esters is 1. The Bertz CT molecular complexity index is 1630. The number of carbonyl (C=O) groups is 2. The molecule has 1 amide bonds. The molecule has 0 fully saturated rings. The highest BCUT2D eigenvalue weighted by atomic mass is 79.9. The summed E-state index contributed by atoms with van der Waals surface area (Å²) in [6, 6.07) is 38.7. The second-order valence-corrected chi connectivity index (χ2v) is 10.4. The van der Waals surface area contributed by atoms with Gasteiger partial charge in [-0.3, -0.25) is 4.79 Å². The summed E-state index contributed by atoms with van der Waals surface area (Å²) in [6.07, 6.45) is 0.265. The van der Waals surface area contributed by atoms with Crippen LogP contribution in [-0.4, -0.2) is 17.4 Å². The highest BCUT2D eigenvalue weighted by Crippen LogP contribution is 2.48. The molecular formula is C33H24BrNO3. The van der Waals surface area contributed by atoms with E-state index in [9.17, 15) is 9.59 Å². The van der Waals surface area contributed by atoms with Crippen LogP contribution in [-0.2, 0) is 11.2 Å². The molecule has 6 rings (SSSR count). The molecule has 0 saturated heterocycles. The van der Waals surface area contributed by atoms with Gasteiger partial charge in [0.1, 0.15) is 5.75 Å². The van der Waals surface area contributed by atoms with E-state index in [0.717, 1.165) is 31.9 Å². The van der Waals surface area contributed by atoms with Gasteiger partial charge in [-0.15, -0.1) is 0 Å². The number of nitrogens with one attached hydrogen (secondary N) is 1. The molecule has 1 aliphatic rings. The van der Waals surface area contributed by atoms with Gasteiger partial charge in [0, 0.05) is 33.3 Å². The number of ether oxygens (including phenoxy) is 1. The number of benzene rings is 5. The van der Waals surface area contributed by atoms with Crippen LogP contribution < -0.4 is 10.1 Å². The third-order valence-electron chi connectivity index (χ3n) is 7.17. The second kappa shape index (κ2) is 9.92. The van der Waals surface area contributed by atoms with Crippen molar-refractivity contribution in [3.63, 3.8) is 0 Å². The molecule has 1 heterocycles. The van der Waals surface area contributed by atoms with Crippen molar-refractivity contribution >= 4 is 38.6 Å². The lowest BCUT2D eigenvalue weighted by molar-refractivity contribution is -0.143. The first-order valence-corrected chi connectivity index (χ1v) is 13.3. The van der Waals surface area contributed by atoms with Crippen molar-refractivity contribution in [1.82, 2.24) is 5.32 Å². The minimum atomic E-state index is -1.39. The molecule has 0 aromatic heterocycles. The molecule has 5 aromatic rings. The van der Waals surface area contributed by atoms with Crippen LogP contribution in [0, 0.1) is 0 Å². The normalized spacial score (nSPS) is 18.4. The molecule has 4 nitrogen and oxygen atoms in total. The SMILES string of the molecule is O=C(N[C@]1(Cc2ccccc2)C(=O)Oc2c(ccc3ccccc23)[C@@H]1c1ccccc1)c1ccc(Br)cc1.